The van der Waals surface area contributed by atoms with Crippen molar-refractivity contribution in [3.63, 3.8) is 0 Å². The highest BCUT2D eigenvalue weighted by atomic mass is 19.1. The number of carbonyl (C=O) groups excluding carboxylic acids is 1. The number of aromatic nitrogens is 1. The van der Waals surface area contributed by atoms with E-state index in [2.05, 4.69) is 9.98 Å². The second-order valence-corrected chi connectivity index (χ2v) is 6.81. The molecule has 1 aromatic carbocycles. The van der Waals surface area contributed by atoms with Crippen molar-refractivity contribution in [2.24, 2.45) is 10.7 Å². The van der Waals surface area contributed by atoms with Gasteiger partial charge in [0.2, 0.25) is 0 Å². The van der Waals surface area contributed by atoms with Gasteiger partial charge >= 0.3 is 0 Å². The van der Waals surface area contributed by atoms with E-state index in [9.17, 15) is 14.3 Å². The zero-order chi connectivity index (χ0) is 19.7. The molecule has 3 heterocycles. The summed E-state index contributed by atoms with van der Waals surface area (Å²) in [6.07, 6.45) is 2.73. The van der Waals surface area contributed by atoms with Gasteiger partial charge in [0.1, 0.15) is 17.7 Å². The van der Waals surface area contributed by atoms with Crippen molar-refractivity contribution in [1.29, 1.82) is 0 Å². The Balaban J connectivity index is 1.47. The Hall–Kier alpha value is -3.42. The van der Waals surface area contributed by atoms with E-state index in [1.54, 1.807) is 30.5 Å². The van der Waals surface area contributed by atoms with E-state index >= 15 is 0 Å². The van der Waals surface area contributed by atoms with Gasteiger partial charge in [-0.1, -0.05) is 6.07 Å². The minimum Gasteiger partial charge on any atom is -0.508 e. The van der Waals surface area contributed by atoms with E-state index in [0.717, 1.165) is 0 Å². The molecule has 0 saturated carbocycles. The van der Waals surface area contributed by atoms with Gasteiger partial charge in [0.15, 0.2) is 0 Å². The number of hydrogen-bond acceptors (Lipinski definition) is 6. The van der Waals surface area contributed by atoms with Crippen molar-refractivity contribution in [3.8, 4) is 5.75 Å². The zero-order valence-corrected chi connectivity index (χ0v) is 15.1. The van der Waals surface area contributed by atoms with Crippen LogP contribution < -0.4 is 15.5 Å². The monoisotopic (exact) mass is 381 g/mol. The van der Waals surface area contributed by atoms with Crippen LogP contribution in [0.15, 0.2) is 58.9 Å². The molecule has 3 N–H and O–H groups in total. The number of nitrogens with zero attached hydrogens (tertiary/aromatic N) is 4. The number of nitrogens with two attached hydrogens (primary N) is 1. The highest BCUT2D eigenvalue weighted by Gasteiger charge is 2.29. The van der Waals surface area contributed by atoms with E-state index in [0.29, 0.717) is 48.0 Å². The molecule has 1 aromatic heterocycles. The predicted octanol–water partition coefficient (Wildman–Crippen LogP) is 2.30. The maximum Gasteiger partial charge on any atom is 0.262 e. The van der Waals surface area contributed by atoms with Crippen LogP contribution in [0.25, 0.3) is 0 Å². The third kappa shape index (κ3) is 3.53. The Morgan fingerprint density at radius 3 is 2.86 bits per heavy atom. The summed E-state index contributed by atoms with van der Waals surface area (Å²) in [4.78, 5) is 24.7. The largest absolute Gasteiger partial charge is 0.508 e. The summed E-state index contributed by atoms with van der Waals surface area (Å²) in [5.74, 6) is 0.515. The van der Waals surface area contributed by atoms with Crippen molar-refractivity contribution in [1.82, 2.24) is 4.98 Å². The van der Waals surface area contributed by atoms with E-state index in [1.807, 2.05) is 4.90 Å². The number of carbonyl (C=O) groups is 1. The van der Waals surface area contributed by atoms with Crippen LogP contribution in [0.1, 0.15) is 6.42 Å². The second kappa shape index (κ2) is 7.30. The summed E-state index contributed by atoms with van der Waals surface area (Å²) in [7, 11) is 0. The molecule has 7 nitrogen and oxygen atoms in total. The molecular formula is C20H20FN5O2. The normalized spacial score (nSPS) is 20.0. The predicted molar refractivity (Wildman–Crippen MR) is 106 cm³/mol. The van der Waals surface area contributed by atoms with Crippen LogP contribution in [0.4, 0.5) is 21.6 Å². The fourth-order valence-electron chi connectivity index (χ4n) is 3.32. The number of aromatic hydroxyl groups is 1. The quantitative estimate of drug-likeness (QED) is 0.793. The highest BCUT2D eigenvalue weighted by Crippen LogP contribution is 2.26. The topological polar surface area (TPSA) is 95.0 Å². The van der Waals surface area contributed by atoms with Gasteiger partial charge in [-0.3, -0.25) is 9.79 Å². The third-order valence-corrected chi connectivity index (χ3v) is 4.82. The Labute approximate surface area is 161 Å². The number of halogens is 1. The number of rotatable bonds is 4. The standard InChI is InChI=1S/C20H20FN5O2/c21-13-6-7-25(11-13)19-5-4-14(9-24-19)23-10-17-18(22)12-26(20(17)28)15-2-1-3-16(27)8-15/h1-5,8-10,13,27H,6-7,11-12,22H2/t13-/m0/s1. The SMILES string of the molecule is NC1=C(C=Nc2ccc(N3CC[C@H](F)C3)nc2)C(=O)N(c2cccc(O)c2)C1. The van der Waals surface area contributed by atoms with Crippen molar-refractivity contribution < 1.29 is 14.3 Å². The molecule has 1 atom stereocenters. The molecule has 0 radical (unpaired) electrons. The Morgan fingerprint density at radius 2 is 2.18 bits per heavy atom. The van der Waals surface area contributed by atoms with Crippen molar-refractivity contribution in [2.45, 2.75) is 12.6 Å². The highest BCUT2D eigenvalue weighted by molar-refractivity contribution is 6.22. The minimum absolute atomic E-state index is 0.0780. The lowest BCUT2D eigenvalue weighted by Gasteiger charge is -2.16. The molecule has 0 spiro atoms. The summed E-state index contributed by atoms with van der Waals surface area (Å²) in [6, 6.07) is 10.0. The summed E-state index contributed by atoms with van der Waals surface area (Å²) >= 11 is 0. The van der Waals surface area contributed by atoms with Crippen molar-refractivity contribution in [2.75, 3.05) is 29.4 Å². The fourth-order valence-corrected chi connectivity index (χ4v) is 3.32. The van der Waals surface area contributed by atoms with Gasteiger partial charge in [0.05, 0.1) is 30.5 Å². The lowest BCUT2D eigenvalue weighted by Crippen LogP contribution is -2.27. The van der Waals surface area contributed by atoms with Crippen molar-refractivity contribution >= 4 is 29.3 Å². The number of benzene rings is 1. The molecule has 0 bridgehead atoms. The van der Waals surface area contributed by atoms with Crippen LogP contribution >= 0.6 is 0 Å². The molecule has 8 heteroatoms. The molecule has 144 valence electrons. The fraction of sp³-hybridized carbons (Fsp3) is 0.250. The van der Waals surface area contributed by atoms with Gasteiger partial charge in [0, 0.05) is 30.2 Å². The molecule has 0 aliphatic carbocycles. The summed E-state index contributed by atoms with van der Waals surface area (Å²) in [5.41, 5.74) is 7.89. The molecule has 1 amide bonds. The van der Waals surface area contributed by atoms with Crippen LogP contribution in [0.3, 0.4) is 0 Å². The van der Waals surface area contributed by atoms with Crippen LogP contribution in [0, 0.1) is 0 Å². The third-order valence-electron chi connectivity index (χ3n) is 4.82. The molecule has 28 heavy (non-hydrogen) atoms. The van der Waals surface area contributed by atoms with Crippen LogP contribution in [0.2, 0.25) is 0 Å². The van der Waals surface area contributed by atoms with Crippen LogP contribution in [-0.4, -0.2) is 48.0 Å². The molecule has 1 saturated heterocycles. The average Bonchev–Trinajstić information content (AvgIpc) is 3.24. The van der Waals surface area contributed by atoms with Gasteiger partial charge in [-0.05, 0) is 30.7 Å². The maximum absolute atomic E-state index is 13.3. The minimum atomic E-state index is -0.808. The molecule has 0 unspecified atom stereocenters. The average molecular weight is 381 g/mol. The lowest BCUT2D eigenvalue weighted by molar-refractivity contribution is -0.114. The first kappa shape index (κ1) is 18.0. The number of amides is 1. The molecule has 2 aromatic rings. The van der Waals surface area contributed by atoms with Gasteiger partial charge < -0.3 is 20.6 Å². The first-order chi connectivity index (χ1) is 13.5. The molecule has 2 aliphatic rings. The summed E-state index contributed by atoms with van der Waals surface area (Å²) in [6.45, 7) is 1.25. The summed E-state index contributed by atoms with van der Waals surface area (Å²) < 4.78 is 13.3. The molecule has 1 fully saturated rings. The van der Waals surface area contributed by atoms with E-state index < -0.39 is 6.17 Å². The first-order valence-electron chi connectivity index (χ1n) is 9.00. The number of phenolic OH excluding ortho intramolecular Hbond substituents is 1. The zero-order valence-electron chi connectivity index (χ0n) is 15.1. The van der Waals surface area contributed by atoms with Gasteiger partial charge in [0.25, 0.3) is 5.91 Å². The number of anilines is 2. The smallest absolute Gasteiger partial charge is 0.262 e. The van der Waals surface area contributed by atoms with Gasteiger partial charge in [-0.25, -0.2) is 9.37 Å². The Kier molecular flexibility index (Phi) is 4.68. The molecular weight excluding hydrogens is 361 g/mol. The number of phenols is 1. The number of pyridine rings is 1. The van der Waals surface area contributed by atoms with E-state index in [1.165, 1.54) is 23.2 Å². The first-order valence-corrected chi connectivity index (χ1v) is 9.00. The second-order valence-electron chi connectivity index (χ2n) is 6.81. The van der Waals surface area contributed by atoms with Crippen LogP contribution in [0.5, 0.6) is 5.75 Å². The van der Waals surface area contributed by atoms with Crippen molar-refractivity contribution in [3.05, 3.63) is 53.9 Å². The number of alkyl halides is 1. The number of hydrogen-bond donors (Lipinski definition) is 2. The Bertz CT molecular complexity index is 957. The Morgan fingerprint density at radius 1 is 1.32 bits per heavy atom. The van der Waals surface area contributed by atoms with E-state index in [4.69, 9.17) is 5.73 Å². The van der Waals surface area contributed by atoms with E-state index in [-0.39, 0.29) is 18.2 Å². The maximum atomic E-state index is 13.3. The molecule has 4 rings (SSSR count). The lowest BCUT2D eigenvalue weighted by atomic mass is 10.2. The molecule has 2 aliphatic heterocycles. The van der Waals surface area contributed by atoms with Gasteiger partial charge in [-0.2, -0.15) is 0 Å². The number of aliphatic imine (C=N–C) groups is 1. The van der Waals surface area contributed by atoms with Crippen LogP contribution in [-0.2, 0) is 4.79 Å². The van der Waals surface area contributed by atoms with Gasteiger partial charge in [-0.15, -0.1) is 0 Å². The summed E-state index contributed by atoms with van der Waals surface area (Å²) in [5, 5.41) is 9.62.